The first kappa shape index (κ1) is 13.2. The van der Waals surface area contributed by atoms with Crippen LogP contribution in [0.15, 0.2) is 12.3 Å². The summed E-state index contributed by atoms with van der Waals surface area (Å²) in [5.41, 5.74) is 8.28. The van der Waals surface area contributed by atoms with Crippen molar-refractivity contribution in [2.75, 3.05) is 23.7 Å². The fourth-order valence-electron chi connectivity index (χ4n) is 2.68. The Hall–Kier alpha value is -1.25. The van der Waals surface area contributed by atoms with E-state index in [0.29, 0.717) is 5.41 Å². The molecule has 2 heterocycles. The minimum absolute atomic E-state index is 0.422. The van der Waals surface area contributed by atoms with Crippen LogP contribution in [0.1, 0.15) is 39.2 Å². The number of piperidine rings is 1. The minimum atomic E-state index is 0.422. The molecule has 0 radical (unpaired) electrons. The fourth-order valence-corrected chi connectivity index (χ4v) is 2.68. The summed E-state index contributed by atoms with van der Waals surface area (Å²) in [4.78, 5) is 6.86. The van der Waals surface area contributed by atoms with E-state index in [9.17, 15) is 0 Å². The van der Waals surface area contributed by atoms with Gasteiger partial charge in [0.15, 0.2) is 0 Å². The summed E-state index contributed by atoms with van der Waals surface area (Å²) in [5, 5.41) is 0. The highest BCUT2D eigenvalue weighted by atomic mass is 15.2. The number of aryl methyl sites for hydroxylation is 1. The van der Waals surface area contributed by atoms with Crippen molar-refractivity contribution in [3.8, 4) is 0 Å². The van der Waals surface area contributed by atoms with Crippen LogP contribution in [0.2, 0.25) is 0 Å². The molecule has 3 nitrogen and oxygen atoms in total. The molecule has 3 heteroatoms. The second-order valence-corrected chi connectivity index (χ2v) is 6.53. The van der Waals surface area contributed by atoms with E-state index in [1.807, 2.05) is 19.2 Å². The van der Waals surface area contributed by atoms with Gasteiger partial charge in [-0.15, -0.1) is 0 Å². The first-order valence-electron chi connectivity index (χ1n) is 6.85. The molecule has 18 heavy (non-hydrogen) atoms. The third kappa shape index (κ3) is 2.77. The van der Waals surface area contributed by atoms with Crippen molar-refractivity contribution in [2.45, 2.75) is 40.5 Å². The van der Waals surface area contributed by atoms with Gasteiger partial charge in [0.1, 0.15) is 5.82 Å². The summed E-state index contributed by atoms with van der Waals surface area (Å²) in [6.45, 7) is 11.2. The van der Waals surface area contributed by atoms with Crippen molar-refractivity contribution in [3.63, 3.8) is 0 Å². The summed E-state index contributed by atoms with van der Waals surface area (Å²) in [7, 11) is 0. The Morgan fingerprint density at radius 2 is 1.89 bits per heavy atom. The van der Waals surface area contributed by atoms with Crippen molar-refractivity contribution >= 4 is 11.5 Å². The van der Waals surface area contributed by atoms with E-state index in [4.69, 9.17) is 5.73 Å². The topological polar surface area (TPSA) is 42.2 Å². The SMILES string of the molecule is Cc1cnc(N2CCC(C(C)(C)C)CC2)cc1N. The van der Waals surface area contributed by atoms with Crippen molar-refractivity contribution in [3.05, 3.63) is 17.8 Å². The molecule has 0 bridgehead atoms. The molecule has 1 saturated heterocycles. The maximum atomic E-state index is 5.96. The van der Waals surface area contributed by atoms with Crippen LogP contribution in [0.5, 0.6) is 0 Å². The molecule has 0 aromatic carbocycles. The first-order chi connectivity index (χ1) is 8.38. The van der Waals surface area contributed by atoms with Gasteiger partial charge in [0, 0.05) is 31.0 Å². The van der Waals surface area contributed by atoms with Crippen LogP contribution in [-0.2, 0) is 0 Å². The monoisotopic (exact) mass is 247 g/mol. The molecule has 0 spiro atoms. The molecule has 1 fully saturated rings. The Labute approximate surface area is 110 Å². The lowest BCUT2D eigenvalue weighted by molar-refractivity contribution is 0.198. The molecule has 2 rings (SSSR count). The van der Waals surface area contributed by atoms with E-state index < -0.39 is 0 Å². The Bertz CT molecular complexity index is 412. The molecule has 1 aromatic rings. The lowest BCUT2D eigenvalue weighted by Gasteiger charge is -2.39. The Kier molecular flexibility index (Phi) is 3.51. The van der Waals surface area contributed by atoms with Gasteiger partial charge in [0.25, 0.3) is 0 Å². The first-order valence-corrected chi connectivity index (χ1v) is 6.85. The van der Waals surface area contributed by atoms with Gasteiger partial charge in [-0.3, -0.25) is 0 Å². The number of rotatable bonds is 1. The molecule has 0 aliphatic carbocycles. The van der Waals surface area contributed by atoms with Gasteiger partial charge >= 0.3 is 0 Å². The standard InChI is InChI=1S/C15H25N3/c1-11-10-17-14(9-13(11)16)18-7-5-12(6-8-18)15(2,3)4/h9-10,12H,5-8H2,1-4H3,(H2,16,17). The van der Waals surface area contributed by atoms with Gasteiger partial charge < -0.3 is 10.6 Å². The second-order valence-electron chi connectivity index (χ2n) is 6.53. The van der Waals surface area contributed by atoms with Crippen LogP contribution >= 0.6 is 0 Å². The number of hydrogen-bond acceptors (Lipinski definition) is 3. The summed E-state index contributed by atoms with van der Waals surface area (Å²) in [6, 6.07) is 2.01. The highest BCUT2D eigenvalue weighted by Crippen LogP contribution is 2.35. The summed E-state index contributed by atoms with van der Waals surface area (Å²) in [5.74, 6) is 1.85. The van der Waals surface area contributed by atoms with Gasteiger partial charge in [-0.2, -0.15) is 0 Å². The summed E-state index contributed by atoms with van der Waals surface area (Å²) < 4.78 is 0. The van der Waals surface area contributed by atoms with Crippen LogP contribution in [0.4, 0.5) is 11.5 Å². The van der Waals surface area contributed by atoms with Crippen LogP contribution in [0.25, 0.3) is 0 Å². The van der Waals surface area contributed by atoms with Gasteiger partial charge in [-0.25, -0.2) is 4.98 Å². The predicted octanol–water partition coefficient (Wildman–Crippen LogP) is 3.23. The number of nitrogens with zero attached hydrogens (tertiary/aromatic N) is 2. The highest BCUT2D eigenvalue weighted by Gasteiger charge is 2.29. The van der Waals surface area contributed by atoms with Crippen LogP contribution in [0, 0.1) is 18.3 Å². The van der Waals surface area contributed by atoms with Crippen LogP contribution < -0.4 is 10.6 Å². The number of hydrogen-bond donors (Lipinski definition) is 1. The predicted molar refractivity (Wildman–Crippen MR) is 77.8 cm³/mol. The zero-order valence-corrected chi connectivity index (χ0v) is 12.0. The Balaban J connectivity index is 2.03. The fraction of sp³-hybridized carbons (Fsp3) is 0.667. The number of nitrogens with two attached hydrogens (primary N) is 1. The average Bonchev–Trinajstić information content (AvgIpc) is 2.32. The molecule has 0 atom stereocenters. The van der Waals surface area contributed by atoms with Gasteiger partial charge in [-0.05, 0) is 36.7 Å². The van der Waals surface area contributed by atoms with E-state index >= 15 is 0 Å². The molecule has 1 aliphatic rings. The lowest BCUT2D eigenvalue weighted by Crippen LogP contribution is -2.38. The molecule has 2 N–H and O–H groups in total. The van der Waals surface area contributed by atoms with Crippen LogP contribution in [0.3, 0.4) is 0 Å². The zero-order valence-electron chi connectivity index (χ0n) is 12.0. The molecular weight excluding hydrogens is 222 g/mol. The molecule has 100 valence electrons. The maximum absolute atomic E-state index is 5.96. The largest absolute Gasteiger partial charge is 0.398 e. The van der Waals surface area contributed by atoms with Gasteiger partial charge in [0.05, 0.1) is 0 Å². The van der Waals surface area contributed by atoms with Crippen molar-refractivity contribution in [2.24, 2.45) is 11.3 Å². The summed E-state index contributed by atoms with van der Waals surface area (Å²) >= 11 is 0. The normalized spacial score (nSPS) is 18.1. The Morgan fingerprint density at radius 3 is 2.39 bits per heavy atom. The quantitative estimate of drug-likeness (QED) is 0.828. The summed E-state index contributed by atoms with van der Waals surface area (Å²) in [6.07, 6.45) is 4.37. The number of pyridine rings is 1. The number of nitrogen functional groups attached to an aromatic ring is 1. The smallest absolute Gasteiger partial charge is 0.130 e. The van der Waals surface area contributed by atoms with E-state index in [2.05, 4.69) is 30.7 Å². The highest BCUT2D eigenvalue weighted by molar-refractivity contribution is 5.54. The second kappa shape index (κ2) is 4.79. The van der Waals surface area contributed by atoms with E-state index in [1.165, 1.54) is 12.8 Å². The third-order valence-corrected chi connectivity index (χ3v) is 4.17. The van der Waals surface area contributed by atoms with Crippen molar-refractivity contribution in [1.82, 2.24) is 4.98 Å². The van der Waals surface area contributed by atoms with E-state index in [-0.39, 0.29) is 0 Å². The number of aromatic nitrogens is 1. The average molecular weight is 247 g/mol. The molecular formula is C15H25N3. The molecule has 0 amide bonds. The third-order valence-electron chi connectivity index (χ3n) is 4.17. The minimum Gasteiger partial charge on any atom is -0.398 e. The molecule has 1 aliphatic heterocycles. The van der Waals surface area contributed by atoms with E-state index in [1.54, 1.807) is 0 Å². The Morgan fingerprint density at radius 1 is 1.28 bits per heavy atom. The van der Waals surface area contributed by atoms with Gasteiger partial charge in [-0.1, -0.05) is 20.8 Å². The maximum Gasteiger partial charge on any atom is 0.130 e. The van der Waals surface area contributed by atoms with Gasteiger partial charge in [0.2, 0.25) is 0 Å². The number of anilines is 2. The van der Waals surface area contributed by atoms with E-state index in [0.717, 1.165) is 36.1 Å². The molecule has 0 saturated carbocycles. The van der Waals surface area contributed by atoms with Crippen molar-refractivity contribution < 1.29 is 0 Å². The van der Waals surface area contributed by atoms with Crippen molar-refractivity contribution in [1.29, 1.82) is 0 Å². The lowest BCUT2D eigenvalue weighted by atomic mass is 9.75. The molecule has 0 unspecified atom stereocenters. The molecule has 1 aromatic heterocycles. The zero-order chi connectivity index (χ0) is 13.3. The van der Waals surface area contributed by atoms with Crippen LogP contribution in [-0.4, -0.2) is 18.1 Å².